The zero-order valence-electron chi connectivity index (χ0n) is 17.1. The van der Waals surface area contributed by atoms with Gasteiger partial charge in [-0.25, -0.2) is 9.98 Å². The molecule has 0 saturated heterocycles. The number of anilines is 3. The maximum Gasteiger partial charge on any atom is 0.416 e. The lowest BCUT2D eigenvalue weighted by Gasteiger charge is -2.23. The molecule has 2 aliphatic rings. The number of nitrogens with zero attached hydrogens (tertiary/aromatic N) is 4. The van der Waals surface area contributed by atoms with Crippen LogP contribution in [0.25, 0.3) is 0 Å². The molecule has 3 N–H and O–H groups in total. The van der Waals surface area contributed by atoms with Gasteiger partial charge in [0.2, 0.25) is 17.8 Å². The van der Waals surface area contributed by atoms with E-state index in [0.29, 0.717) is 23.7 Å². The van der Waals surface area contributed by atoms with Crippen LogP contribution < -0.4 is 16.0 Å². The Hall–Kier alpha value is -3.76. The van der Waals surface area contributed by atoms with Crippen LogP contribution in [0.2, 0.25) is 0 Å². The van der Waals surface area contributed by atoms with Crippen molar-refractivity contribution in [2.75, 3.05) is 23.0 Å². The maximum atomic E-state index is 12.7. The summed E-state index contributed by atoms with van der Waals surface area (Å²) >= 11 is 0. The molecule has 32 heavy (non-hydrogen) atoms. The van der Waals surface area contributed by atoms with Crippen molar-refractivity contribution in [1.82, 2.24) is 4.98 Å². The number of aromatic nitrogens is 1. The lowest BCUT2D eigenvalue weighted by atomic mass is 9.92. The van der Waals surface area contributed by atoms with E-state index in [1.807, 2.05) is 6.07 Å². The van der Waals surface area contributed by atoms with Crippen molar-refractivity contribution in [1.29, 1.82) is 0 Å². The van der Waals surface area contributed by atoms with Crippen molar-refractivity contribution < 1.29 is 18.0 Å². The zero-order chi connectivity index (χ0) is 22.9. The molecule has 1 fully saturated rings. The van der Waals surface area contributed by atoms with Crippen molar-refractivity contribution in [2.24, 2.45) is 20.4 Å². The van der Waals surface area contributed by atoms with Crippen molar-refractivity contribution in [2.45, 2.75) is 25.4 Å². The number of halogens is 3. The Bertz CT molecular complexity index is 1120. The molecule has 0 atom stereocenters. The van der Waals surface area contributed by atoms with Crippen LogP contribution in [0.4, 0.5) is 30.5 Å². The van der Waals surface area contributed by atoms with Crippen LogP contribution in [0.3, 0.4) is 0 Å². The second kappa shape index (κ2) is 8.06. The van der Waals surface area contributed by atoms with E-state index in [1.54, 1.807) is 6.07 Å². The lowest BCUT2D eigenvalue weighted by molar-refractivity contribution is -0.137. The molecule has 0 radical (unpaired) electrons. The van der Waals surface area contributed by atoms with E-state index in [0.717, 1.165) is 30.5 Å². The monoisotopic (exact) mass is 443 g/mol. The number of pyridine rings is 1. The van der Waals surface area contributed by atoms with Crippen LogP contribution in [-0.2, 0) is 17.4 Å². The first-order valence-electron chi connectivity index (χ1n) is 9.77. The molecule has 1 aromatic carbocycles. The number of carbonyl (C=O) groups is 1. The molecule has 0 bridgehead atoms. The van der Waals surface area contributed by atoms with Crippen LogP contribution in [0.15, 0.2) is 51.4 Å². The highest BCUT2D eigenvalue weighted by atomic mass is 19.4. The highest BCUT2D eigenvalue weighted by Gasteiger charge is 2.52. The predicted molar refractivity (Wildman–Crippen MR) is 117 cm³/mol. The maximum absolute atomic E-state index is 12.7. The number of benzene rings is 1. The van der Waals surface area contributed by atoms with E-state index in [1.165, 1.54) is 19.2 Å². The number of nitrogens with one attached hydrogen (secondary N) is 3. The highest BCUT2D eigenvalue weighted by Crippen LogP contribution is 2.52. The normalized spacial score (nSPS) is 17.4. The lowest BCUT2D eigenvalue weighted by Crippen LogP contribution is -2.32. The van der Waals surface area contributed by atoms with Crippen LogP contribution in [0.1, 0.15) is 24.0 Å². The summed E-state index contributed by atoms with van der Waals surface area (Å²) in [5, 5.41) is 8.58. The Morgan fingerprint density at radius 2 is 1.84 bits per heavy atom. The number of amides is 1. The molecule has 2 heterocycles. The van der Waals surface area contributed by atoms with Gasteiger partial charge in [0.1, 0.15) is 11.6 Å². The summed E-state index contributed by atoms with van der Waals surface area (Å²) in [6.07, 6.45) is -1.96. The fourth-order valence-corrected chi connectivity index (χ4v) is 3.37. The third kappa shape index (κ3) is 4.46. The smallest absolute Gasteiger partial charge is 0.324 e. The van der Waals surface area contributed by atoms with E-state index >= 15 is 0 Å². The van der Waals surface area contributed by atoms with Gasteiger partial charge < -0.3 is 16.0 Å². The van der Waals surface area contributed by atoms with Crippen LogP contribution >= 0.6 is 0 Å². The average molecular weight is 443 g/mol. The fraction of sp³-hybridized carbons (Fsp3) is 0.286. The quantitative estimate of drug-likeness (QED) is 0.483. The topological polar surface area (TPSA) is 103 Å². The van der Waals surface area contributed by atoms with Gasteiger partial charge in [-0.2, -0.15) is 18.2 Å². The average Bonchev–Trinajstić information content (AvgIpc) is 3.54. The Kier molecular flexibility index (Phi) is 5.41. The third-order valence-electron chi connectivity index (χ3n) is 5.36. The zero-order valence-corrected chi connectivity index (χ0v) is 17.1. The second-order valence-electron chi connectivity index (χ2n) is 7.58. The van der Waals surface area contributed by atoms with E-state index in [4.69, 9.17) is 0 Å². The van der Waals surface area contributed by atoms with Crippen molar-refractivity contribution in [3.8, 4) is 0 Å². The minimum absolute atomic E-state index is 0.00376. The molecule has 1 aliphatic carbocycles. The fourth-order valence-electron chi connectivity index (χ4n) is 3.37. The number of fused-ring (bicyclic) bond motifs is 1. The van der Waals surface area contributed by atoms with Gasteiger partial charge in [0.25, 0.3) is 0 Å². The van der Waals surface area contributed by atoms with Crippen molar-refractivity contribution in [3.05, 3.63) is 47.5 Å². The second-order valence-corrected chi connectivity index (χ2v) is 7.58. The first-order chi connectivity index (χ1) is 15.2. The van der Waals surface area contributed by atoms with E-state index in [9.17, 15) is 18.0 Å². The summed E-state index contributed by atoms with van der Waals surface area (Å²) in [5.74, 6) is 1.08. The van der Waals surface area contributed by atoms with E-state index in [-0.39, 0.29) is 23.2 Å². The molecule has 8 nitrogen and oxygen atoms in total. The molecule has 4 rings (SSSR count). The van der Waals surface area contributed by atoms with E-state index in [2.05, 4.69) is 42.6 Å². The van der Waals surface area contributed by atoms with E-state index < -0.39 is 11.7 Å². The van der Waals surface area contributed by atoms with Gasteiger partial charge in [-0.15, -0.1) is 0 Å². The van der Waals surface area contributed by atoms with Crippen LogP contribution in [0.5, 0.6) is 0 Å². The van der Waals surface area contributed by atoms with Gasteiger partial charge in [0, 0.05) is 12.7 Å². The van der Waals surface area contributed by atoms with Gasteiger partial charge in [-0.3, -0.25) is 9.79 Å². The van der Waals surface area contributed by atoms with Crippen LogP contribution in [-0.4, -0.2) is 36.6 Å². The number of carbonyl (C=O) groups excluding carboxylic acids is 1. The van der Waals surface area contributed by atoms with Crippen LogP contribution in [0, 0.1) is 5.41 Å². The summed E-state index contributed by atoms with van der Waals surface area (Å²) in [4.78, 5) is 28.7. The Balaban J connectivity index is 1.47. The Labute approximate surface area is 181 Å². The SMILES string of the molecule is C=NC(=NC(=NC)Nc1ccc2c(n1)NC(=O)C1(CC1)C2)Nc1ccc(C(F)(F)F)cc1. The van der Waals surface area contributed by atoms with Crippen molar-refractivity contribution in [3.63, 3.8) is 0 Å². The molecule has 2 aromatic rings. The van der Waals surface area contributed by atoms with Gasteiger partial charge in [-0.1, -0.05) is 6.07 Å². The molecular weight excluding hydrogens is 423 g/mol. The van der Waals surface area contributed by atoms with Gasteiger partial charge >= 0.3 is 6.18 Å². The summed E-state index contributed by atoms with van der Waals surface area (Å²) in [6, 6.07) is 8.09. The third-order valence-corrected chi connectivity index (χ3v) is 5.36. The minimum atomic E-state index is -4.42. The molecule has 1 aliphatic heterocycles. The molecule has 1 amide bonds. The number of hydrogen-bond donors (Lipinski definition) is 3. The summed E-state index contributed by atoms with van der Waals surface area (Å²) in [6.45, 7) is 3.42. The molecule has 1 spiro atoms. The molecule has 11 heteroatoms. The first-order valence-corrected chi connectivity index (χ1v) is 9.77. The number of alkyl halides is 3. The molecular formula is C21H20F3N7O. The molecule has 166 valence electrons. The largest absolute Gasteiger partial charge is 0.416 e. The standard InChI is InChI=1S/C21H20F3N7O/c1-25-18(27-14-6-4-13(5-7-14)21(22,23)24)31-19(26-2)29-15-8-3-12-11-20(9-10-20)17(32)30-16(12)28-15/h3-8H,1,9-11H2,2H3,(H3,26,27,28,29,30,31,32). The molecule has 1 aromatic heterocycles. The number of rotatable bonds is 2. The van der Waals surface area contributed by atoms with Gasteiger partial charge in [-0.05, 0) is 61.9 Å². The van der Waals surface area contributed by atoms with Gasteiger partial charge in [0.05, 0.1) is 11.0 Å². The summed E-state index contributed by atoms with van der Waals surface area (Å²) < 4.78 is 38.1. The number of guanidine groups is 2. The summed E-state index contributed by atoms with van der Waals surface area (Å²) in [5.41, 5.74) is 0.300. The minimum Gasteiger partial charge on any atom is -0.324 e. The predicted octanol–water partition coefficient (Wildman–Crippen LogP) is 3.94. The Morgan fingerprint density at radius 3 is 2.44 bits per heavy atom. The van der Waals surface area contributed by atoms with Gasteiger partial charge in [0.15, 0.2) is 0 Å². The number of aliphatic imine (C=N–C) groups is 3. The highest BCUT2D eigenvalue weighted by molar-refractivity contribution is 6.07. The van der Waals surface area contributed by atoms with Crippen molar-refractivity contribution >= 4 is 41.9 Å². The Morgan fingerprint density at radius 1 is 1.12 bits per heavy atom. The first kappa shape index (κ1) is 21.5. The number of hydrogen-bond acceptors (Lipinski definition) is 3. The molecule has 1 saturated carbocycles. The molecule has 0 unspecified atom stereocenters. The summed E-state index contributed by atoms with van der Waals surface area (Å²) in [7, 11) is 1.50.